The van der Waals surface area contributed by atoms with Gasteiger partial charge in [0, 0.05) is 5.57 Å². The molecule has 0 aliphatic heterocycles. The number of carbonyl (C=O) groups is 2. The van der Waals surface area contributed by atoms with Gasteiger partial charge in [-0.15, -0.1) is 0 Å². The van der Waals surface area contributed by atoms with Crippen LogP contribution in [0.25, 0.3) is 0 Å². The number of hydrogen-bond donors (Lipinski definition) is 2. The summed E-state index contributed by atoms with van der Waals surface area (Å²) in [4.78, 5) is 23.8. The molecule has 0 spiro atoms. The molecule has 4 nitrogen and oxygen atoms in total. The maximum Gasteiger partial charge on any atom is 0.332 e. The van der Waals surface area contributed by atoms with Crippen LogP contribution in [0.5, 0.6) is 0 Å². The molecule has 0 fully saturated rings. The van der Waals surface area contributed by atoms with E-state index in [1.807, 2.05) is 60.7 Å². The fourth-order valence-electron chi connectivity index (χ4n) is 3.20. The van der Waals surface area contributed by atoms with Gasteiger partial charge < -0.3 is 10.2 Å². The Hall–Kier alpha value is -2.66. The van der Waals surface area contributed by atoms with Gasteiger partial charge in [0.1, 0.15) is 8.80 Å². The second kappa shape index (κ2) is 8.14. The third-order valence-electron chi connectivity index (χ3n) is 4.34. The summed E-state index contributed by atoms with van der Waals surface area (Å²) in [6, 6.07) is 19.8. The molecule has 0 aliphatic carbocycles. The van der Waals surface area contributed by atoms with Crippen LogP contribution in [-0.2, 0) is 9.59 Å². The minimum Gasteiger partial charge on any atom is -0.478 e. The summed E-state index contributed by atoms with van der Waals surface area (Å²) in [5.41, 5.74) is -0.768. The Balaban J connectivity index is 2.62. The number of carboxylic acid groups (broad SMARTS) is 2. The predicted molar refractivity (Wildman–Crippen MR) is 106 cm³/mol. The summed E-state index contributed by atoms with van der Waals surface area (Å²) in [6.45, 7) is 5.21. The second-order valence-electron chi connectivity index (χ2n) is 7.29. The van der Waals surface area contributed by atoms with E-state index in [4.69, 9.17) is 0 Å². The van der Waals surface area contributed by atoms with Crippen LogP contribution in [0, 0.1) is 5.41 Å². The van der Waals surface area contributed by atoms with E-state index in [9.17, 15) is 19.8 Å². The van der Waals surface area contributed by atoms with Gasteiger partial charge in [-0.3, -0.25) is 0 Å². The average molecular weight is 369 g/mol. The Labute approximate surface area is 155 Å². The number of aliphatic carboxylic acids is 2. The van der Waals surface area contributed by atoms with Crippen LogP contribution in [0.4, 0.5) is 0 Å². The molecule has 0 aromatic heterocycles. The highest BCUT2D eigenvalue weighted by Gasteiger charge is 2.32. The lowest BCUT2D eigenvalue weighted by Crippen LogP contribution is -2.43. The smallest absolute Gasteiger partial charge is 0.332 e. The van der Waals surface area contributed by atoms with Crippen molar-refractivity contribution in [2.75, 3.05) is 0 Å². The molecule has 0 bridgehead atoms. The van der Waals surface area contributed by atoms with Gasteiger partial charge in [0.25, 0.3) is 0 Å². The lowest BCUT2D eigenvalue weighted by atomic mass is 9.83. The topological polar surface area (TPSA) is 74.6 Å². The zero-order valence-electron chi connectivity index (χ0n) is 15.3. The third-order valence-corrected chi connectivity index (χ3v) is 7.53. The summed E-state index contributed by atoms with van der Waals surface area (Å²) >= 11 is 0. The number of benzene rings is 2. The maximum absolute atomic E-state index is 12.0. The van der Waals surface area contributed by atoms with Crippen molar-refractivity contribution >= 4 is 31.1 Å². The third kappa shape index (κ3) is 4.70. The van der Waals surface area contributed by atoms with Crippen LogP contribution in [0.2, 0.25) is 6.04 Å². The summed E-state index contributed by atoms with van der Waals surface area (Å²) in [5, 5.41) is 21.7. The monoisotopic (exact) mass is 368 g/mol. The van der Waals surface area contributed by atoms with Crippen LogP contribution in [0.1, 0.15) is 20.8 Å². The molecule has 0 atom stereocenters. The molecule has 2 aromatic carbocycles. The van der Waals surface area contributed by atoms with E-state index in [-0.39, 0.29) is 17.2 Å². The summed E-state index contributed by atoms with van der Waals surface area (Å²) in [7, 11) is -1.94. The van der Waals surface area contributed by atoms with Crippen molar-refractivity contribution in [1.29, 1.82) is 0 Å². The molecule has 136 valence electrons. The first-order chi connectivity index (χ1) is 12.2. The van der Waals surface area contributed by atoms with E-state index in [0.29, 0.717) is 0 Å². The Bertz CT molecular complexity index is 765. The molecule has 0 radical (unpaired) electrons. The lowest BCUT2D eigenvalue weighted by molar-refractivity contribution is -0.136. The van der Waals surface area contributed by atoms with E-state index >= 15 is 0 Å². The molecular weight excluding hydrogens is 344 g/mol. The predicted octanol–water partition coefficient (Wildman–Crippen LogP) is 2.54. The zero-order valence-corrected chi connectivity index (χ0v) is 16.4. The lowest BCUT2D eigenvalue weighted by Gasteiger charge is -2.24. The minimum absolute atomic E-state index is 0.00868. The van der Waals surface area contributed by atoms with Gasteiger partial charge in [0.15, 0.2) is 0 Å². The van der Waals surface area contributed by atoms with Crippen LogP contribution >= 0.6 is 0 Å². The van der Waals surface area contributed by atoms with Crippen LogP contribution in [-0.4, -0.2) is 30.9 Å². The number of carboxylic acids is 2. The first kappa shape index (κ1) is 19.7. The summed E-state index contributed by atoms with van der Waals surface area (Å²) in [5.74, 6) is -2.31. The van der Waals surface area contributed by atoms with Gasteiger partial charge in [0.2, 0.25) is 0 Å². The molecule has 5 heteroatoms. The Kier molecular flexibility index (Phi) is 6.16. The van der Waals surface area contributed by atoms with Crippen molar-refractivity contribution < 1.29 is 19.8 Å². The molecule has 0 heterocycles. The molecule has 0 unspecified atom stereocenters. The average Bonchev–Trinajstić information content (AvgIpc) is 2.58. The van der Waals surface area contributed by atoms with E-state index in [1.54, 1.807) is 20.8 Å². The molecule has 0 saturated carbocycles. The van der Waals surface area contributed by atoms with Crippen molar-refractivity contribution in [2.24, 2.45) is 5.41 Å². The van der Waals surface area contributed by atoms with Gasteiger partial charge in [-0.25, -0.2) is 9.59 Å². The first-order valence-corrected chi connectivity index (χ1v) is 10.5. The molecule has 26 heavy (non-hydrogen) atoms. The zero-order chi connectivity index (χ0) is 19.3. The molecule has 0 saturated heterocycles. The normalized spacial score (nSPS) is 12.6. The molecular formula is C21H24O4Si. The summed E-state index contributed by atoms with van der Waals surface area (Å²) < 4.78 is 0. The SMILES string of the molecule is CC(C)(C)/C(C(=O)O)=C(\C[SiH](c1ccccc1)c1ccccc1)C(=O)O. The van der Waals surface area contributed by atoms with Crippen molar-refractivity contribution in [1.82, 2.24) is 0 Å². The van der Waals surface area contributed by atoms with Gasteiger partial charge in [-0.2, -0.15) is 0 Å². The highest BCUT2D eigenvalue weighted by atomic mass is 28.3. The molecule has 0 amide bonds. The standard InChI is InChI=1S/C21H24O4Si/c1-21(2,3)18(20(24)25)17(19(22)23)14-26(15-10-6-4-7-11-15)16-12-8-5-9-13-16/h4-13,26H,14H2,1-3H3,(H,22,23)(H,24,25)/b18-17+. The second-order valence-corrected chi connectivity index (χ2v) is 10.1. The van der Waals surface area contributed by atoms with Gasteiger partial charge in [-0.05, 0) is 11.5 Å². The molecule has 2 N–H and O–H groups in total. The van der Waals surface area contributed by atoms with E-state index in [1.165, 1.54) is 0 Å². The minimum atomic E-state index is -1.94. The molecule has 2 rings (SSSR count). The number of rotatable bonds is 6. The van der Waals surface area contributed by atoms with Crippen molar-refractivity contribution in [3.63, 3.8) is 0 Å². The van der Waals surface area contributed by atoms with Crippen molar-refractivity contribution in [3.8, 4) is 0 Å². The quantitative estimate of drug-likeness (QED) is 0.607. The van der Waals surface area contributed by atoms with E-state index in [2.05, 4.69) is 0 Å². The first-order valence-electron chi connectivity index (χ1n) is 8.52. The fraction of sp³-hybridized carbons (Fsp3) is 0.238. The summed E-state index contributed by atoms with van der Waals surface area (Å²) in [6.07, 6.45) is 0. The van der Waals surface area contributed by atoms with Crippen molar-refractivity contribution in [3.05, 3.63) is 71.8 Å². The Morgan fingerprint density at radius 2 is 1.23 bits per heavy atom. The highest BCUT2D eigenvalue weighted by Crippen LogP contribution is 2.30. The van der Waals surface area contributed by atoms with Gasteiger partial charge >= 0.3 is 11.9 Å². The molecule has 2 aromatic rings. The number of hydrogen-bond acceptors (Lipinski definition) is 2. The largest absolute Gasteiger partial charge is 0.478 e. The van der Waals surface area contributed by atoms with E-state index in [0.717, 1.165) is 10.4 Å². The van der Waals surface area contributed by atoms with Crippen LogP contribution < -0.4 is 10.4 Å². The van der Waals surface area contributed by atoms with Crippen LogP contribution in [0.15, 0.2) is 71.8 Å². The van der Waals surface area contributed by atoms with Gasteiger partial charge in [0.05, 0.1) is 5.57 Å². The Morgan fingerprint density at radius 1 is 0.808 bits per heavy atom. The van der Waals surface area contributed by atoms with E-state index < -0.39 is 26.2 Å². The fourth-order valence-corrected chi connectivity index (χ4v) is 6.22. The molecule has 0 aliphatic rings. The maximum atomic E-state index is 12.0. The van der Waals surface area contributed by atoms with Gasteiger partial charge in [-0.1, -0.05) is 91.8 Å². The van der Waals surface area contributed by atoms with Crippen LogP contribution in [0.3, 0.4) is 0 Å². The van der Waals surface area contributed by atoms with Crippen molar-refractivity contribution in [2.45, 2.75) is 26.8 Å². The Morgan fingerprint density at radius 3 is 1.54 bits per heavy atom. The highest BCUT2D eigenvalue weighted by molar-refractivity contribution is 6.85.